The number of ether oxygens (including phenoxy) is 3. The molecule has 0 aromatic rings. The Morgan fingerprint density at radius 1 is 0.296 bits per heavy atom. The van der Waals surface area contributed by atoms with E-state index in [9.17, 15) is 14.4 Å². The number of unbranched alkanes of at least 4 members (excludes halogenated alkanes) is 17. The smallest absolute Gasteiger partial charge is 0.306 e. The maximum Gasteiger partial charge on any atom is 0.306 e. The van der Waals surface area contributed by atoms with Crippen LogP contribution in [0, 0.1) is 0 Å². The predicted molar refractivity (Wildman–Crippen MR) is 306 cm³/mol. The van der Waals surface area contributed by atoms with Gasteiger partial charge >= 0.3 is 17.9 Å². The Morgan fingerprint density at radius 2 is 0.577 bits per heavy atom. The third-order valence-corrected chi connectivity index (χ3v) is 11.6. The third kappa shape index (κ3) is 56.3. The first-order valence-corrected chi connectivity index (χ1v) is 28.7. The van der Waals surface area contributed by atoms with Crippen LogP contribution in [-0.2, 0) is 28.6 Å². The standard InChI is InChI=1S/C65H104O6/c1-4-7-10-13-16-18-20-22-23-24-25-26-27-28-29-30-31-32-33-34-35-36-37-38-39-40-41-43-44-46-49-52-55-58-64(67)70-61-62(60-69-63(66)57-54-51-48-15-12-9-6-3)71-65(68)59-56-53-50-47-45-42-21-19-17-14-11-8-5-2/h7,10-11,14,16,18-19,21-23,25-26,28-29,31-32,34-35,37-38,40-41,62H,4-6,8-9,12-13,15,17,20,24,27,30,33,36,39,42-61H2,1-3H3/b10-7-,14-11-,18-16-,21-19-,23-22-,26-25-,29-28-,32-31-,35-34-,38-37-,41-40-. The molecule has 0 aliphatic rings. The molecule has 1 unspecified atom stereocenters. The van der Waals surface area contributed by atoms with Crippen LogP contribution in [0.1, 0.15) is 239 Å². The van der Waals surface area contributed by atoms with Gasteiger partial charge in [0.2, 0.25) is 0 Å². The van der Waals surface area contributed by atoms with Gasteiger partial charge < -0.3 is 14.2 Å². The van der Waals surface area contributed by atoms with Crippen molar-refractivity contribution in [3.8, 4) is 0 Å². The molecule has 0 N–H and O–H groups in total. The largest absolute Gasteiger partial charge is 0.462 e. The van der Waals surface area contributed by atoms with E-state index in [2.05, 4.69) is 154 Å². The summed E-state index contributed by atoms with van der Waals surface area (Å²) in [5.41, 5.74) is 0. The zero-order valence-corrected chi connectivity index (χ0v) is 45.7. The number of hydrogen-bond acceptors (Lipinski definition) is 6. The second-order valence-corrected chi connectivity index (χ2v) is 18.5. The molecule has 0 spiro atoms. The van der Waals surface area contributed by atoms with Crippen LogP contribution in [0.5, 0.6) is 0 Å². The van der Waals surface area contributed by atoms with Crippen LogP contribution in [-0.4, -0.2) is 37.2 Å². The number of rotatable bonds is 50. The molecule has 0 amide bonds. The Labute approximate surface area is 436 Å². The minimum atomic E-state index is -0.793. The monoisotopic (exact) mass is 981 g/mol. The molecule has 0 bridgehead atoms. The average molecular weight is 982 g/mol. The van der Waals surface area contributed by atoms with Crippen LogP contribution in [0.3, 0.4) is 0 Å². The normalized spacial score (nSPS) is 13.1. The predicted octanol–water partition coefficient (Wildman–Crippen LogP) is 19.4. The van der Waals surface area contributed by atoms with Gasteiger partial charge in [-0.2, -0.15) is 0 Å². The van der Waals surface area contributed by atoms with Gasteiger partial charge in [-0.15, -0.1) is 0 Å². The molecule has 0 fully saturated rings. The van der Waals surface area contributed by atoms with Gasteiger partial charge in [0, 0.05) is 19.3 Å². The minimum Gasteiger partial charge on any atom is -0.462 e. The summed E-state index contributed by atoms with van der Waals surface area (Å²) in [5, 5.41) is 0. The molecule has 0 aromatic heterocycles. The van der Waals surface area contributed by atoms with E-state index in [1.807, 2.05) is 0 Å². The van der Waals surface area contributed by atoms with Crippen LogP contribution in [0.25, 0.3) is 0 Å². The molecular formula is C65H104O6. The molecular weight excluding hydrogens is 877 g/mol. The van der Waals surface area contributed by atoms with Crippen molar-refractivity contribution in [2.45, 2.75) is 245 Å². The van der Waals surface area contributed by atoms with Gasteiger partial charge in [0.25, 0.3) is 0 Å². The van der Waals surface area contributed by atoms with Gasteiger partial charge in [-0.3, -0.25) is 14.4 Å². The molecule has 0 saturated heterocycles. The van der Waals surface area contributed by atoms with Crippen LogP contribution >= 0.6 is 0 Å². The van der Waals surface area contributed by atoms with Crippen molar-refractivity contribution in [1.82, 2.24) is 0 Å². The molecule has 0 saturated carbocycles. The topological polar surface area (TPSA) is 78.9 Å². The number of esters is 3. The van der Waals surface area contributed by atoms with Crippen LogP contribution in [0.15, 0.2) is 134 Å². The Balaban J connectivity index is 4.19. The molecule has 0 rings (SSSR count). The van der Waals surface area contributed by atoms with E-state index >= 15 is 0 Å². The molecule has 0 heterocycles. The summed E-state index contributed by atoms with van der Waals surface area (Å²) in [6, 6.07) is 0. The summed E-state index contributed by atoms with van der Waals surface area (Å²) in [6.07, 6.45) is 81.8. The molecule has 71 heavy (non-hydrogen) atoms. The summed E-state index contributed by atoms with van der Waals surface area (Å²) in [5.74, 6) is -0.941. The van der Waals surface area contributed by atoms with Gasteiger partial charge in [0.15, 0.2) is 6.10 Å². The summed E-state index contributed by atoms with van der Waals surface area (Å²) >= 11 is 0. The van der Waals surface area contributed by atoms with Crippen LogP contribution in [0.2, 0.25) is 0 Å². The van der Waals surface area contributed by atoms with Gasteiger partial charge in [0.1, 0.15) is 13.2 Å². The number of carbonyl (C=O) groups is 3. The lowest BCUT2D eigenvalue weighted by Gasteiger charge is -2.18. The van der Waals surface area contributed by atoms with E-state index in [1.54, 1.807) is 0 Å². The summed E-state index contributed by atoms with van der Waals surface area (Å²) in [7, 11) is 0. The van der Waals surface area contributed by atoms with Crippen molar-refractivity contribution < 1.29 is 28.6 Å². The van der Waals surface area contributed by atoms with Crippen LogP contribution < -0.4 is 0 Å². The summed E-state index contributed by atoms with van der Waals surface area (Å²) < 4.78 is 16.7. The highest BCUT2D eigenvalue weighted by Crippen LogP contribution is 2.13. The second-order valence-electron chi connectivity index (χ2n) is 18.5. The maximum absolute atomic E-state index is 12.8. The molecule has 0 aromatic carbocycles. The van der Waals surface area contributed by atoms with E-state index in [0.29, 0.717) is 19.3 Å². The first-order chi connectivity index (χ1) is 35.0. The second kappa shape index (κ2) is 58.1. The SMILES string of the molecule is CC/C=C\C/C=C\C/C=C\C/C=C\C/C=C\C/C=C\C/C=C\C/C=C\C/C=C\CCCCCCCC(=O)OCC(COC(=O)CCCCCCCCC)OC(=O)CCCCCCC/C=C\C/C=C\CCC. The first kappa shape index (κ1) is 66.6. The van der Waals surface area contributed by atoms with E-state index < -0.39 is 6.10 Å². The molecule has 6 heteroatoms. The van der Waals surface area contributed by atoms with Crippen LogP contribution in [0.4, 0.5) is 0 Å². The molecule has 6 nitrogen and oxygen atoms in total. The van der Waals surface area contributed by atoms with Crippen molar-refractivity contribution >= 4 is 17.9 Å². The lowest BCUT2D eigenvalue weighted by molar-refractivity contribution is -0.167. The third-order valence-electron chi connectivity index (χ3n) is 11.6. The first-order valence-electron chi connectivity index (χ1n) is 28.7. The van der Waals surface area contributed by atoms with E-state index in [-0.39, 0.29) is 31.1 Å². The molecule has 0 aliphatic heterocycles. The highest BCUT2D eigenvalue weighted by Gasteiger charge is 2.19. The fourth-order valence-electron chi connectivity index (χ4n) is 7.35. The highest BCUT2D eigenvalue weighted by atomic mass is 16.6. The van der Waals surface area contributed by atoms with Gasteiger partial charge in [-0.25, -0.2) is 0 Å². The minimum absolute atomic E-state index is 0.0926. The maximum atomic E-state index is 12.8. The van der Waals surface area contributed by atoms with E-state index in [0.717, 1.165) is 167 Å². The van der Waals surface area contributed by atoms with E-state index in [1.165, 1.54) is 32.1 Å². The van der Waals surface area contributed by atoms with Crippen molar-refractivity contribution in [2.24, 2.45) is 0 Å². The molecule has 400 valence electrons. The average Bonchev–Trinajstić information content (AvgIpc) is 3.37. The number of carbonyl (C=O) groups excluding carboxylic acids is 3. The number of allylic oxidation sites excluding steroid dienone is 22. The van der Waals surface area contributed by atoms with Crippen molar-refractivity contribution in [3.63, 3.8) is 0 Å². The highest BCUT2D eigenvalue weighted by molar-refractivity contribution is 5.71. The van der Waals surface area contributed by atoms with Gasteiger partial charge in [-0.05, 0) is 116 Å². The quantitative estimate of drug-likeness (QED) is 0.0262. The molecule has 0 aliphatic carbocycles. The Hall–Kier alpha value is -4.45. The Kier molecular flexibility index (Phi) is 54.5. The van der Waals surface area contributed by atoms with Crippen molar-refractivity contribution in [1.29, 1.82) is 0 Å². The number of hydrogen-bond donors (Lipinski definition) is 0. The zero-order chi connectivity index (χ0) is 51.4. The lowest BCUT2D eigenvalue weighted by Crippen LogP contribution is -2.30. The Bertz CT molecular complexity index is 1550. The van der Waals surface area contributed by atoms with E-state index in [4.69, 9.17) is 14.2 Å². The summed E-state index contributed by atoms with van der Waals surface area (Å²) in [6.45, 7) is 6.37. The van der Waals surface area contributed by atoms with Crippen molar-refractivity contribution in [2.75, 3.05) is 13.2 Å². The lowest BCUT2D eigenvalue weighted by atomic mass is 10.1. The Morgan fingerprint density at radius 3 is 0.915 bits per heavy atom. The van der Waals surface area contributed by atoms with Gasteiger partial charge in [-0.1, -0.05) is 238 Å². The summed E-state index contributed by atoms with van der Waals surface area (Å²) in [4.78, 5) is 37.8. The zero-order valence-electron chi connectivity index (χ0n) is 45.7. The fourth-order valence-corrected chi connectivity index (χ4v) is 7.35. The molecule has 0 radical (unpaired) electrons. The fraction of sp³-hybridized carbons (Fsp3) is 0.615. The van der Waals surface area contributed by atoms with Gasteiger partial charge in [0.05, 0.1) is 0 Å². The molecule has 1 atom stereocenters. The van der Waals surface area contributed by atoms with Crippen molar-refractivity contribution in [3.05, 3.63) is 134 Å².